The summed E-state index contributed by atoms with van der Waals surface area (Å²) in [6, 6.07) is 15.2. The van der Waals surface area contributed by atoms with E-state index in [0.717, 1.165) is 55.7 Å². The monoisotopic (exact) mass is 662 g/mol. The van der Waals surface area contributed by atoms with Crippen LogP contribution >= 0.6 is 0 Å². The summed E-state index contributed by atoms with van der Waals surface area (Å²) in [7, 11) is 0. The maximum absolute atomic E-state index is 15.3. The van der Waals surface area contributed by atoms with Crippen LogP contribution in [0.5, 0.6) is 5.75 Å². The largest absolute Gasteiger partial charge is 0.482 e. The number of piperazine rings is 1. The zero-order valence-electron chi connectivity index (χ0n) is 27.5. The van der Waals surface area contributed by atoms with Crippen molar-refractivity contribution in [2.45, 2.75) is 51.4 Å². The smallest absolute Gasteiger partial charge is 0.410 e. The minimum absolute atomic E-state index is 0.00876. The van der Waals surface area contributed by atoms with Gasteiger partial charge in [0.05, 0.1) is 31.4 Å². The molecule has 0 saturated carbocycles. The van der Waals surface area contributed by atoms with Gasteiger partial charge >= 0.3 is 12.0 Å². The van der Waals surface area contributed by atoms with Gasteiger partial charge in [-0.15, -0.1) is 0 Å². The van der Waals surface area contributed by atoms with Gasteiger partial charge in [-0.05, 0) is 63.2 Å². The van der Waals surface area contributed by atoms with Crippen LogP contribution in [0, 0.1) is 17.2 Å². The quantitative estimate of drug-likeness (QED) is 0.369. The molecule has 48 heavy (non-hydrogen) atoms. The van der Waals surface area contributed by atoms with E-state index in [1.807, 2.05) is 18.2 Å². The Kier molecular flexibility index (Phi) is 9.35. The number of halogens is 2. The summed E-state index contributed by atoms with van der Waals surface area (Å²) in [4.78, 5) is 31.4. The lowest BCUT2D eigenvalue weighted by molar-refractivity contribution is -0.157. The van der Waals surface area contributed by atoms with Gasteiger partial charge in [0, 0.05) is 55.6 Å². The van der Waals surface area contributed by atoms with Gasteiger partial charge in [-0.2, -0.15) is 10.2 Å². The molecule has 2 aromatic carbocycles. The summed E-state index contributed by atoms with van der Waals surface area (Å²) in [6.45, 7) is 11.4. The third kappa shape index (κ3) is 7.58. The fraction of sp³-hybridized carbons (Fsp3) is 0.500. The van der Waals surface area contributed by atoms with E-state index in [4.69, 9.17) is 14.2 Å². The standard InChI is InChI=1S/C34H40F2N8O4/c1-22-17-44(32(45)48-33(2,3)4)20-34(35,36)29(22)47-28-10-5-23(15-24(28)16-37)30-38-21-39-31(41-30)40-25-6-8-26(9-7-25)42-11-13-43(14-12-42)27-18-46-19-27/h5-10,15,21-22,27,29H,11-14,17-20H2,1-4H3,(H,38,39,40,41). The molecule has 3 aromatic rings. The van der Waals surface area contributed by atoms with Crippen molar-refractivity contribution in [1.29, 1.82) is 5.26 Å². The third-order valence-corrected chi connectivity index (χ3v) is 8.62. The van der Waals surface area contributed by atoms with Gasteiger partial charge in [0.2, 0.25) is 5.95 Å². The lowest BCUT2D eigenvalue weighted by Gasteiger charge is -2.43. The second kappa shape index (κ2) is 13.5. The Labute approximate surface area is 278 Å². The number of nitriles is 1. The average molecular weight is 663 g/mol. The van der Waals surface area contributed by atoms with Crippen LogP contribution in [0.3, 0.4) is 0 Å². The molecule has 0 aliphatic carbocycles. The highest BCUT2D eigenvalue weighted by Gasteiger charge is 2.52. The number of benzene rings is 2. The van der Waals surface area contributed by atoms with Gasteiger partial charge in [-0.25, -0.2) is 23.5 Å². The lowest BCUT2D eigenvalue weighted by Crippen LogP contribution is -2.60. The van der Waals surface area contributed by atoms with E-state index in [1.165, 1.54) is 18.5 Å². The fourth-order valence-corrected chi connectivity index (χ4v) is 6.09. The topological polar surface area (TPSA) is 129 Å². The minimum Gasteiger partial charge on any atom is -0.482 e. The summed E-state index contributed by atoms with van der Waals surface area (Å²) in [5.74, 6) is -3.50. The van der Waals surface area contributed by atoms with Gasteiger partial charge in [-0.3, -0.25) is 4.90 Å². The summed E-state index contributed by atoms with van der Waals surface area (Å²) < 4.78 is 47.0. The number of piperidine rings is 1. The third-order valence-electron chi connectivity index (χ3n) is 8.62. The Morgan fingerprint density at radius 2 is 1.81 bits per heavy atom. The van der Waals surface area contributed by atoms with Crippen molar-refractivity contribution >= 4 is 23.4 Å². The molecule has 1 aromatic heterocycles. The Morgan fingerprint density at radius 3 is 2.44 bits per heavy atom. The number of hydrogen-bond donors (Lipinski definition) is 1. The van der Waals surface area contributed by atoms with Crippen molar-refractivity contribution in [3.63, 3.8) is 0 Å². The van der Waals surface area contributed by atoms with Crippen molar-refractivity contribution in [2.75, 3.05) is 62.7 Å². The maximum atomic E-state index is 15.3. The van der Waals surface area contributed by atoms with E-state index in [-0.39, 0.29) is 17.9 Å². The number of alkyl halides is 2. The predicted molar refractivity (Wildman–Crippen MR) is 174 cm³/mol. The molecule has 2 atom stereocenters. The van der Waals surface area contributed by atoms with Gasteiger partial charge in [0.15, 0.2) is 11.9 Å². The molecule has 3 aliphatic heterocycles. The maximum Gasteiger partial charge on any atom is 0.410 e. The zero-order valence-corrected chi connectivity index (χ0v) is 27.5. The molecule has 1 N–H and O–H groups in total. The molecule has 3 aliphatic rings. The second-order valence-corrected chi connectivity index (χ2v) is 13.5. The second-order valence-electron chi connectivity index (χ2n) is 13.5. The van der Waals surface area contributed by atoms with E-state index >= 15 is 8.78 Å². The van der Waals surface area contributed by atoms with E-state index in [9.17, 15) is 10.1 Å². The number of nitrogens with zero attached hydrogens (tertiary/aromatic N) is 7. The number of anilines is 3. The molecule has 0 bridgehead atoms. The van der Waals surface area contributed by atoms with Crippen LogP contribution in [-0.4, -0.2) is 107 Å². The van der Waals surface area contributed by atoms with Gasteiger partial charge in [-0.1, -0.05) is 6.92 Å². The van der Waals surface area contributed by atoms with Gasteiger partial charge in [0.1, 0.15) is 23.7 Å². The highest BCUT2D eigenvalue weighted by Crippen LogP contribution is 2.36. The number of ether oxygens (including phenoxy) is 3. The van der Waals surface area contributed by atoms with Crippen LogP contribution in [0.2, 0.25) is 0 Å². The van der Waals surface area contributed by atoms with Crippen LogP contribution in [0.1, 0.15) is 33.3 Å². The highest BCUT2D eigenvalue weighted by molar-refractivity contribution is 5.68. The number of aromatic nitrogens is 3. The molecule has 0 radical (unpaired) electrons. The molecule has 6 rings (SSSR count). The van der Waals surface area contributed by atoms with Crippen molar-refractivity contribution in [3.8, 4) is 23.2 Å². The van der Waals surface area contributed by atoms with E-state index in [2.05, 4.69) is 42.2 Å². The summed E-state index contributed by atoms with van der Waals surface area (Å²) in [5.41, 5.74) is 1.68. The molecule has 1 amide bonds. The summed E-state index contributed by atoms with van der Waals surface area (Å²) >= 11 is 0. The van der Waals surface area contributed by atoms with Crippen molar-refractivity contribution in [3.05, 3.63) is 54.4 Å². The molecule has 254 valence electrons. The van der Waals surface area contributed by atoms with Crippen LogP contribution in [0.4, 0.5) is 30.9 Å². The zero-order chi connectivity index (χ0) is 34.1. The first kappa shape index (κ1) is 33.3. The molecular weight excluding hydrogens is 622 g/mol. The molecule has 2 unspecified atom stereocenters. The highest BCUT2D eigenvalue weighted by atomic mass is 19.3. The number of likely N-dealkylation sites (tertiary alicyclic amines) is 1. The number of nitrogens with one attached hydrogen (secondary N) is 1. The molecule has 12 nitrogen and oxygen atoms in total. The molecule has 0 spiro atoms. The van der Waals surface area contributed by atoms with Crippen LogP contribution < -0.4 is 15.0 Å². The molecule has 4 heterocycles. The number of carbonyl (C=O) groups excluding carboxylic acids is 1. The average Bonchev–Trinajstić information content (AvgIpc) is 3.02. The Bertz CT molecular complexity index is 1650. The number of hydrogen-bond acceptors (Lipinski definition) is 11. The first-order chi connectivity index (χ1) is 22.9. The summed E-state index contributed by atoms with van der Waals surface area (Å²) in [6.07, 6.45) is -0.995. The fourth-order valence-electron chi connectivity index (χ4n) is 6.09. The van der Waals surface area contributed by atoms with Crippen molar-refractivity contribution in [1.82, 2.24) is 24.8 Å². The van der Waals surface area contributed by atoms with E-state index < -0.39 is 36.2 Å². The first-order valence-corrected chi connectivity index (χ1v) is 16.1. The van der Waals surface area contributed by atoms with Crippen molar-refractivity contribution < 1.29 is 27.8 Å². The Hall–Kier alpha value is -4.61. The SMILES string of the molecule is CC1CN(C(=O)OC(C)(C)C)CC(F)(F)C1Oc1ccc(-c2ncnc(Nc3ccc(N4CCN(C5COC5)CC4)cc3)n2)cc1C#N. The van der Waals surface area contributed by atoms with Crippen LogP contribution in [0.25, 0.3) is 11.4 Å². The normalized spacial score (nSPS) is 21.6. The summed E-state index contributed by atoms with van der Waals surface area (Å²) in [5, 5.41) is 13.1. The number of rotatable bonds is 7. The Morgan fingerprint density at radius 1 is 1.08 bits per heavy atom. The van der Waals surface area contributed by atoms with Gasteiger partial charge in [0.25, 0.3) is 0 Å². The molecular formula is C34H40F2N8O4. The van der Waals surface area contributed by atoms with Crippen LogP contribution in [-0.2, 0) is 9.47 Å². The predicted octanol–water partition coefficient (Wildman–Crippen LogP) is 4.94. The van der Waals surface area contributed by atoms with E-state index in [1.54, 1.807) is 33.8 Å². The molecule has 14 heteroatoms. The molecule has 3 fully saturated rings. The van der Waals surface area contributed by atoms with Crippen molar-refractivity contribution in [2.24, 2.45) is 5.92 Å². The Balaban J connectivity index is 1.09. The number of amides is 1. The molecule has 3 saturated heterocycles. The number of carbonyl (C=O) groups is 1. The minimum atomic E-state index is -3.38. The van der Waals surface area contributed by atoms with Gasteiger partial charge < -0.3 is 29.3 Å². The van der Waals surface area contributed by atoms with E-state index in [0.29, 0.717) is 23.4 Å². The first-order valence-electron chi connectivity index (χ1n) is 16.1. The lowest BCUT2D eigenvalue weighted by atomic mass is 9.93. The van der Waals surface area contributed by atoms with Crippen LogP contribution in [0.15, 0.2) is 48.8 Å².